The first-order valence-electron chi connectivity index (χ1n) is 8.58. The Bertz CT molecular complexity index is 1320. The number of benzene rings is 4. The molecule has 0 fully saturated rings. The van der Waals surface area contributed by atoms with Gasteiger partial charge in [0.05, 0.1) is 11.1 Å². The molecule has 0 unspecified atom stereocenters. The summed E-state index contributed by atoms with van der Waals surface area (Å²) in [6, 6.07) is 21.4. The van der Waals surface area contributed by atoms with Crippen molar-refractivity contribution in [1.82, 2.24) is 0 Å². The zero-order valence-electron chi connectivity index (χ0n) is 14.6. The molecule has 0 radical (unpaired) electrons. The number of fused-ring (bicyclic) bond motifs is 2. The summed E-state index contributed by atoms with van der Waals surface area (Å²) < 4.78 is 0. The molecule has 4 aromatic carbocycles. The van der Waals surface area contributed by atoms with E-state index in [9.17, 15) is 19.8 Å². The molecule has 0 spiro atoms. The van der Waals surface area contributed by atoms with E-state index in [4.69, 9.17) is 0 Å². The normalized spacial score (nSPS) is 10.4. The maximum Gasteiger partial charge on any atom is 0.336 e. The van der Waals surface area contributed by atoms with Gasteiger partial charge in [0.2, 0.25) is 0 Å². The molecule has 0 bridgehead atoms. The third kappa shape index (κ3) is 3.06. The lowest BCUT2D eigenvalue weighted by Gasteiger charge is -2.07. The van der Waals surface area contributed by atoms with Crippen molar-refractivity contribution in [2.45, 2.75) is 0 Å². The van der Waals surface area contributed by atoms with E-state index in [0.29, 0.717) is 16.3 Å². The molecular formula is C24H14O4. The molecule has 0 aliphatic carbocycles. The highest BCUT2D eigenvalue weighted by Crippen LogP contribution is 2.25. The quantitative estimate of drug-likeness (QED) is 0.500. The van der Waals surface area contributed by atoms with Crippen molar-refractivity contribution in [1.29, 1.82) is 0 Å². The van der Waals surface area contributed by atoms with Gasteiger partial charge in [-0.15, -0.1) is 0 Å². The zero-order chi connectivity index (χ0) is 19.7. The molecule has 4 aromatic rings. The fraction of sp³-hybridized carbons (Fsp3) is 0. The van der Waals surface area contributed by atoms with Crippen molar-refractivity contribution in [3.05, 3.63) is 95.1 Å². The molecule has 4 rings (SSSR count). The number of aromatic carboxylic acids is 2. The average Bonchev–Trinajstić information content (AvgIpc) is 2.70. The fourth-order valence-electron chi connectivity index (χ4n) is 3.30. The lowest BCUT2D eigenvalue weighted by molar-refractivity contribution is 0.0686. The molecule has 0 aliphatic rings. The summed E-state index contributed by atoms with van der Waals surface area (Å²) in [6.07, 6.45) is 0. The molecule has 4 nitrogen and oxygen atoms in total. The zero-order valence-corrected chi connectivity index (χ0v) is 14.6. The third-order valence-corrected chi connectivity index (χ3v) is 4.59. The van der Waals surface area contributed by atoms with E-state index in [1.165, 1.54) is 12.1 Å². The largest absolute Gasteiger partial charge is 0.478 e. The van der Waals surface area contributed by atoms with Gasteiger partial charge in [0, 0.05) is 11.1 Å². The Morgan fingerprint density at radius 2 is 1.32 bits per heavy atom. The van der Waals surface area contributed by atoms with Crippen LogP contribution in [-0.2, 0) is 0 Å². The van der Waals surface area contributed by atoms with Crippen molar-refractivity contribution < 1.29 is 19.8 Å². The Labute approximate surface area is 160 Å². The molecule has 0 aliphatic heterocycles. The minimum absolute atomic E-state index is 0.0304. The Balaban J connectivity index is 1.93. The molecule has 0 atom stereocenters. The van der Waals surface area contributed by atoms with Gasteiger partial charge in [0.25, 0.3) is 0 Å². The highest BCUT2D eigenvalue weighted by atomic mass is 16.4. The first-order chi connectivity index (χ1) is 13.5. The second-order valence-corrected chi connectivity index (χ2v) is 6.31. The number of hydrogen-bond donors (Lipinski definition) is 2. The second kappa shape index (κ2) is 6.90. The minimum atomic E-state index is -1.12. The molecule has 0 aromatic heterocycles. The molecule has 28 heavy (non-hydrogen) atoms. The summed E-state index contributed by atoms with van der Waals surface area (Å²) in [6.45, 7) is 0. The van der Waals surface area contributed by atoms with E-state index < -0.39 is 11.9 Å². The standard InChI is InChI=1S/C24H14O4/c25-23(26)20-10-4-9-19-21(20)13-15(14-22(19)24(27)28)11-12-17-7-3-6-16-5-1-2-8-18(16)17/h1-10,13-14H,(H,25,26)(H,27,28). The van der Waals surface area contributed by atoms with Crippen molar-refractivity contribution >= 4 is 33.5 Å². The van der Waals surface area contributed by atoms with E-state index in [1.54, 1.807) is 18.2 Å². The Hall–Kier alpha value is -4.10. The van der Waals surface area contributed by atoms with Crippen LogP contribution in [0, 0.1) is 11.8 Å². The van der Waals surface area contributed by atoms with Gasteiger partial charge >= 0.3 is 11.9 Å². The molecule has 0 saturated heterocycles. The van der Waals surface area contributed by atoms with Gasteiger partial charge in [-0.1, -0.05) is 60.4 Å². The first-order valence-corrected chi connectivity index (χ1v) is 8.58. The van der Waals surface area contributed by atoms with Gasteiger partial charge in [-0.2, -0.15) is 0 Å². The van der Waals surface area contributed by atoms with Crippen molar-refractivity contribution in [3.63, 3.8) is 0 Å². The molecule has 4 heteroatoms. The summed E-state index contributed by atoms with van der Waals surface area (Å²) in [7, 11) is 0. The molecule has 0 saturated carbocycles. The number of carboxylic acid groups (broad SMARTS) is 2. The van der Waals surface area contributed by atoms with Gasteiger partial charge in [0.15, 0.2) is 0 Å². The topological polar surface area (TPSA) is 74.6 Å². The highest BCUT2D eigenvalue weighted by Gasteiger charge is 2.15. The summed E-state index contributed by atoms with van der Waals surface area (Å²) in [5.41, 5.74) is 1.35. The SMILES string of the molecule is O=C(O)c1cc(C#Cc2cccc3ccccc23)cc2c(C(=O)O)cccc12. The Kier molecular flexibility index (Phi) is 4.27. The predicted molar refractivity (Wildman–Crippen MR) is 108 cm³/mol. The van der Waals surface area contributed by atoms with Crippen molar-refractivity contribution in [2.75, 3.05) is 0 Å². The van der Waals surface area contributed by atoms with E-state index in [2.05, 4.69) is 11.8 Å². The fourth-order valence-corrected chi connectivity index (χ4v) is 3.30. The van der Waals surface area contributed by atoms with Crippen LogP contribution in [0.4, 0.5) is 0 Å². The summed E-state index contributed by atoms with van der Waals surface area (Å²) in [5.74, 6) is 3.86. The smallest absolute Gasteiger partial charge is 0.336 e. The summed E-state index contributed by atoms with van der Waals surface area (Å²) >= 11 is 0. The number of hydrogen-bond acceptors (Lipinski definition) is 2. The Morgan fingerprint density at radius 1 is 0.643 bits per heavy atom. The van der Waals surface area contributed by atoms with Crippen molar-refractivity contribution in [3.8, 4) is 11.8 Å². The van der Waals surface area contributed by atoms with Crippen LogP contribution in [0.2, 0.25) is 0 Å². The van der Waals surface area contributed by atoms with Crippen LogP contribution < -0.4 is 0 Å². The van der Waals surface area contributed by atoms with Gasteiger partial charge in [-0.3, -0.25) is 0 Å². The van der Waals surface area contributed by atoms with Crippen LogP contribution in [0.5, 0.6) is 0 Å². The molecule has 0 amide bonds. The lowest BCUT2D eigenvalue weighted by atomic mass is 9.97. The average molecular weight is 366 g/mol. The minimum Gasteiger partial charge on any atom is -0.478 e. The van der Waals surface area contributed by atoms with Crippen LogP contribution in [0.1, 0.15) is 31.8 Å². The predicted octanol–water partition coefficient (Wildman–Crippen LogP) is 4.79. The molecule has 134 valence electrons. The van der Waals surface area contributed by atoms with E-state index in [1.807, 2.05) is 42.5 Å². The Morgan fingerprint density at radius 3 is 2.11 bits per heavy atom. The van der Waals surface area contributed by atoms with Gasteiger partial charge in [-0.25, -0.2) is 9.59 Å². The van der Waals surface area contributed by atoms with Crippen LogP contribution in [-0.4, -0.2) is 22.2 Å². The number of carbonyl (C=O) groups is 2. The van der Waals surface area contributed by atoms with E-state index in [-0.39, 0.29) is 11.1 Å². The van der Waals surface area contributed by atoms with Crippen LogP contribution in [0.15, 0.2) is 72.8 Å². The van der Waals surface area contributed by atoms with Gasteiger partial charge < -0.3 is 10.2 Å². The van der Waals surface area contributed by atoms with E-state index in [0.717, 1.165) is 16.3 Å². The van der Waals surface area contributed by atoms with Crippen molar-refractivity contribution in [2.24, 2.45) is 0 Å². The second-order valence-electron chi connectivity index (χ2n) is 6.31. The number of carboxylic acids is 2. The molecule has 0 heterocycles. The van der Waals surface area contributed by atoms with Crippen LogP contribution in [0.3, 0.4) is 0 Å². The summed E-state index contributed by atoms with van der Waals surface area (Å²) in [5, 5.41) is 21.8. The van der Waals surface area contributed by atoms with Crippen LogP contribution in [0.25, 0.3) is 21.5 Å². The molecule has 2 N–H and O–H groups in total. The maximum absolute atomic E-state index is 11.7. The van der Waals surface area contributed by atoms with E-state index >= 15 is 0 Å². The van der Waals surface area contributed by atoms with Gasteiger partial charge in [0.1, 0.15) is 0 Å². The number of rotatable bonds is 2. The first kappa shape index (κ1) is 17.3. The monoisotopic (exact) mass is 366 g/mol. The van der Waals surface area contributed by atoms with Crippen LogP contribution >= 0.6 is 0 Å². The summed E-state index contributed by atoms with van der Waals surface area (Å²) in [4.78, 5) is 23.3. The third-order valence-electron chi connectivity index (χ3n) is 4.59. The maximum atomic E-state index is 11.7. The molecular weight excluding hydrogens is 352 g/mol. The highest BCUT2D eigenvalue weighted by molar-refractivity contribution is 6.11. The van der Waals surface area contributed by atoms with Gasteiger partial charge in [-0.05, 0) is 45.8 Å². The lowest BCUT2D eigenvalue weighted by Crippen LogP contribution is -2.02.